The van der Waals surface area contributed by atoms with Crippen molar-refractivity contribution in [3.05, 3.63) is 91.0 Å². The second kappa shape index (κ2) is 7.37. The highest BCUT2D eigenvalue weighted by atomic mass is 32.2. The first-order valence-electron chi connectivity index (χ1n) is 8.83. The van der Waals surface area contributed by atoms with Gasteiger partial charge in [0.25, 0.3) is 10.0 Å². The molecular formula is C23H19NO3S. The Labute approximate surface area is 164 Å². The molecule has 140 valence electrons. The Kier molecular flexibility index (Phi) is 4.75. The lowest BCUT2D eigenvalue weighted by Gasteiger charge is -2.17. The molecule has 4 rings (SSSR count). The monoisotopic (exact) mass is 389 g/mol. The summed E-state index contributed by atoms with van der Waals surface area (Å²) < 4.78 is 34.1. The Morgan fingerprint density at radius 3 is 2.21 bits per heavy atom. The fraction of sp³-hybridized carbons (Fsp3) is 0.0435. The molecule has 5 heteroatoms. The molecule has 0 radical (unpaired) electrons. The molecular weight excluding hydrogens is 370 g/mol. The van der Waals surface area contributed by atoms with Gasteiger partial charge in [-0.3, -0.25) is 4.72 Å². The van der Waals surface area contributed by atoms with Crippen molar-refractivity contribution in [1.82, 2.24) is 0 Å². The predicted molar refractivity (Wildman–Crippen MR) is 113 cm³/mol. The summed E-state index contributed by atoms with van der Waals surface area (Å²) in [7, 11) is -2.09. The number of ether oxygens (including phenoxy) is 1. The van der Waals surface area contributed by atoms with Crippen LogP contribution in [0.4, 0.5) is 5.69 Å². The van der Waals surface area contributed by atoms with Crippen LogP contribution in [0, 0.1) is 0 Å². The summed E-state index contributed by atoms with van der Waals surface area (Å²) >= 11 is 0. The van der Waals surface area contributed by atoms with Crippen molar-refractivity contribution in [2.24, 2.45) is 0 Å². The van der Waals surface area contributed by atoms with Gasteiger partial charge in [0.1, 0.15) is 5.75 Å². The Balaban J connectivity index is 1.90. The molecule has 0 fully saturated rings. The number of hydrogen-bond acceptors (Lipinski definition) is 3. The van der Waals surface area contributed by atoms with E-state index < -0.39 is 10.0 Å². The SMILES string of the molecule is COc1ccc2ccccc2c1-c1ccccc1NS(=O)(=O)c1ccccc1. The van der Waals surface area contributed by atoms with Gasteiger partial charge in [0.15, 0.2) is 0 Å². The minimum atomic E-state index is -3.71. The zero-order valence-corrected chi connectivity index (χ0v) is 16.1. The largest absolute Gasteiger partial charge is 0.496 e. The van der Waals surface area contributed by atoms with E-state index in [4.69, 9.17) is 4.74 Å². The molecule has 1 N–H and O–H groups in total. The normalized spacial score (nSPS) is 11.3. The molecule has 0 unspecified atom stereocenters. The Morgan fingerprint density at radius 2 is 1.43 bits per heavy atom. The number of rotatable bonds is 5. The van der Waals surface area contributed by atoms with Crippen LogP contribution in [0.25, 0.3) is 21.9 Å². The van der Waals surface area contributed by atoms with Gasteiger partial charge in [0.05, 0.1) is 17.7 Å². The molecule has 4 aromatic rings. The number of sulfonamides is 1. The summed E-state index contributed by atoms with van der Waals surface area (Å²) in [4.78, 5) is 0.217. The van der Waals surface area contributed by atoms with Crippen LogP contribution in [-0.2, 0) is 10.0 Å². The first-order valence-corrected chi connectivity index (χ1v) is 10.3. The third-order valence-electron chi connectivity index (χ3n) is 4.60. The maximum atomic E-state index is 12.9. The van der Waals surface area contributed by atoms with Gasteiger partial charge in [-0.25, -0.2) is 8.42 Å². The minimum absolute atomic E-state index is 0.217. The van der Waals surface area contributed by atoms with Crippen LogP contribution in [0.5, 0.6) is 5.75 Å². The lowest BCUT2D eigenvalue weighted by molar-refractivity contribution is 0.417. The van der Waals surface area contributed by atoms with Crippen LogP contribution >= 0.6 is 0 Å². The second-order valence-electron chi connectivity index (χ2n) is 6.33. The highest BCUT2D eigenvalue weighted by Gasteiger charge is 2.19. The van der Waals surface area contributed by atoms with Gasteiger partial charge in [-0.2, -0.15) is 0 Å². The van der Waals surface area contributed by atoms with E-state index in [2.05, 4.69) is 4.72 Å². The fourth-order valence-electron chi connectivity index (χ4n) is 3.29. The van der Waals surface area contributed by atoms with E-state index in [1.165, 1.54) is 0 Å². The molecule has 0 aromatic heterocycles. The van der Waals surface area contributed by atoms with E-state index in [-0.39, 0.29) is 4.90 Å². The zero-order valence-electron chi connectivity index (χ0n) is 15.3. The summed E-state index contributed by atoms with van der Waals surface area (Å²) in [5.41, 5.74) is 2.11. The van der Waals surface area contributed by atoms with Crippen molar-refractivity contribution in [3.8, 4) is 16.9 Å². The maximum Gasteiger partial charge on any atom is 0.261 e. The van der Waals surface area contributed by atoms with E-state index in [0.29, 0.717) is 11.4 Å². The average Bonchev–Trinajstić information content (AvgIpc) is 2.74. The third-order valence-corrected chi connectivity index (χ3v) is 5.99. The number of hydrogen-bond donors (Lipinski definition) is 1. The van der Waals surface area contributed by atoms with Crippen LogP contribution in [0.1, 0.15) is 0 Å². The Bertz CT molecular complexity index is 1240. The van der Waals surface area contributed by atoms with Crippen LogP contribution < -0.4 is 9.46 Å². The maximum absolute atomic E-state index is 12.9. The molecule has 0 spiro atoms. The number of nitrogens with one attached hydrogen (secondary N) is 1. The van der Waals surface area contributed by atoms with Crippen LogP contribution in [0.15, 0.2) is 95.9 Å². The molecule has 4 nitrogen and oxygen atoms in total. The number of para-hydroxylation sites is 1. The molecule has 0 aliphatic rings. The van der Waals surface area contributed by atoms with Gasteiger partial charge < -0.3 is 4.74 Å². The van der Waals surface area contributed by atoms with E-state index in [1.807, 2.05) is 54.6 Å². The van der Waals surface area contributed by atoms with Crippen molar-refractivity contribution in [1.29, 1.82) is 0 Å². The van der Waals surface area contributed by atoms with Crippen molar-refractivity contribution < 1.29 is 13.2 Å². The summed E-state index contributed by atoms with van der Waals surface area (Å²) in [6.07, 6.45) is 0. The summed E-state index contributed by atoms with van der Waals surface area (Å²) in [5.74, 6) is 0.685. The van der Waals surface area contributed by atoms with Gasteiger partial charge in [0, 0.05) is 11.1 Å². The number of benzene rings is 4. The zero-order chi connectivity index (χ0) is 19.6. The lowest BCUT2D eigenvalue weighted by atomic mass is 9.96. The van der Waals surface area contributed by atoms with Gasteiger partial charge in [0.2, 0.25) is 0 Å². The molecule has 0 aliphatic heterocycles. The molecule has 28 heavy (non-hydrogen) atoms. The number of anilines is 1. The van der Waals surface area contributed by atoms with E-state index in [9.17, 15) is 8.42 Å². The summed E-state index contributed by atoms with van der Waals surface area (Å²) in [6.45, 7) is 0. The molecule has 0 aliphatic carbocycles. The van der Waals surface area contributed by atoms with Crippen LogP contribution in [-0.4, -0.2) is 15.5 Å². The average molecular weight is 389 g/mol. The molecule has 4 aromatic carbocycles. The van der Waals surface area contributed by atoms with Gasteiger partial charge in [-0.05, 0) is 35.0 Å². The number of methoxy groups -OCH3 is 1. The molecule has 0 bridgehead atoms. The first kappa shape index (κ1) is 18.1. The standard InChI is InChI=1S/C23H19NO3S/c1-27-22-16-15-17-9-5-6-12-19(17)23(22)20-13-7-8-14-21(20)24-28(25,26)18-10-3-2-4-11-18/h2-16,24H,1H3. The van der Waals surface area contributed by atoms with Gasteiger partial charge >= 0.3 is 0 Å². The van der Waals surface area contributed by atoms with E-state index in [1.54, 1.807) is 43.5 Å². The van der Waals surface area contributed by atoms with Gasteiger partial charge in [-0.1, -0.05) is 66.7 Å². The van der Waals surface area contributed by atoms with Crippen molar-refractivity contribution in [2.75, 3.05) is 11.8 Å². The lowest BCUT2D eigenvalue weighted by Crippen LogP contribution is -2.13. The van der Waals surface area contributed by atoms with Crippen molar-refractivity contribution in [3.63, 3.8) is 0 Å². The topological polar surface area (TPSA) is 55.4 Å². The highest BCUT2D eigenvalue weighted by molar-refractivity contribution is 7.92. The van der Waals surface area contributed by atoms with Crippen molar-refractivity contribution >= 4 is 26.5 Å². The number of fused-ring (bicyclic) bond motifs is 1. The van der Waals surface area contributed by atoms with Crippen LogP contribution in [0.2, 0.25) is 0 Å². The quantitative estimate of drug-likeness (QED) is 0.503. The van der Waals surface area contributed by atoms with Gasteiger partial charge in [-0.15, -0.1) is 0 Å². The minimum Gasteiger partial charge on any atom is -0.496 e. The first-order chi connectivity index (χ1) is 13.6. The molecule has 0 heterocycles. The highest BCUT2D eigenvalue weighted by Crippen LogP contribution is 2.40. The predicted octanol–water partition coefficient (Wildman–Crippen LogP) is 5.32. The fourth-order valence-corrected chi connectivity index (χ4v) is 4.39. The summed E-state index contributed by atoms with van der Waals surface area (Å²) in [5, 5.41) is 2.05. The Hall–Kier alpha value is -3.31. The van der Waals surface area contributed by atoms with E-state index >= 15 is 0 Å². The molecule has 0 saturated heterocycles. The smallest absolute Gasteiger partial charge is 0.261 e. The van der Waals surface area contributed by atoms with Crippen molar-refractivity contribution in [2.45, 2.75) is 4.90 Å². The Morgan fingerprint density at radius 1 is 0.750 bits per heavy atom. The molecule has 0 amide bonds. The molecule has 0 saturated carbocycles. The van der Waals surface area contributed by atoms with Crippen LogP contribution in [0.3, 0.4) is 0 Å². The second-order valence-corrected chi connectivity index (χ2v) is 8.01. The van der Waals surface area contributed by atoms with E-state index in [0.717, 1.165) is 21.9 Å². The third kappa shape index (κ3) is 3.32. The summed E-state index contributed by atoms with van der Waals surface area (Å²) in [6, 6.07) is 27.6. The molecule has 0 atom stereocenters.